The van der Waals surface area contributed by atoms with E-state index in [0.29, 0.717) is 0 Å². The molecule has 0 unspecified atom stereocenters. The van der Waals surface area contributed by atoms with E-state index in [1.807, 2.05) is 0 Å². The van der Waals surface area contributed by atoms with Gasteiger partial charge in [0.05, 0.1) is 5.47 Å². The predicted octanol–water partition coefficient (Wildman–Crippen LogP) is -0.963. The fourth-order valence-corrected chi connectivity index (χ4v) is 0.669. The van der Waals surface area contributed by atoms with Gasteiger partial charge in [-0.2, -0.15) is 0 Å². The normalized spacial score (nSPS) is 12.4. The van der Waals surface area contributed by atoms with Gasteiger partial charge < -0.3 is 20.6 Å². The van der Waals surface area contributed by atoms with Gasteiger partial charge in [0.25, 0.3) is 0 Å². The lowest BCUT2D eigenvalue weighted by Crippen LogP contribution is -2.22. The van der Waals surface area contributed by atoms with E-state index in [9.17, 15) is 0 Å². The zero-order valence-corrected chi connectivity index (χ0v) is 5.97. The number of allylic oxidation sites excluding steroid dienone is 2. The molecule has 0 aliphatic carbocycles. The minimum atomic E-state index is -1.70. The average Bonchev–Trinajstić information content (AvgIpc) is 1.59. The summed E-state index contributed by atoms with van der Waals surface area (Å²) in [4.78, 5) is 0. The van der Waals surface area contributed by atoms with Crippen LogP contribution in [0.15, 0.2) is 11.2 Å². The van der Waals surface area contributed by atoms with Crippen LogP contribution in [0, 0.1) is 5.41 Å². The van der Waals surface area contributed by atoms with Crippen LogP contribution < -0.4 is 0 Å². The number of hydrogen-bond donors (Lipinski definition) is 3. The SMILES string of the molecule is CC(=N)/C(B(O)O)=C(/C)[OH2+]. The van der Waals surface area contributed by atoms with Gasteiger partial charge in [0.15, 0.2) is 0 Å². The molecule has 5 heteroatoms. The maximum Gasteiger partial charge on any atom is 0.499 e. The van der Waals surface area contributed by atoms with Gasteiger partial charge in [-0.25, -0.2) is 0 Å². The first kappa shape index (κ1) is 9.19. The third-order valence-electron chi connectivity index (χ3n) is 1.07. The highest BCUT2D eigenvalue weighted by Gasteiger charge is 2.22. The average molecular weight is 144 g/mol. The number of hydrogen-bond acceptors (Lipinski definition) is 3. The highest BCUT2D eigenvalue weighted by Crippen LogP contribution is 2.03. The summed E-state index contributed by atoms with van der Waals surface area (Å²) in [5.74, 6) is 0.0162. The summed E-state index contributed by atoms with van der Waals surface area (Å²) in [6, 6.07) is 0. The Labute approximate surface area is 59.5 Å². The van der Waals surface area contributed by atoms with Crippen molar-refractivity contribution in [1.29, 1.82) is 5.41 Å². The summed E-state index contributed by atoms with van der Waals surface area (Å²) in [5.41, 5.74) is -0.0116. The van der Waals surface area contributed by atoms with E-state index >= 15 is 0 Å². The van der Waals surface area contributed by atoms with E-state index in [1.165, 1.54) is 13.8 Å². The van der Waals surface area contributed by atoms with Crippen molar-refractivity contribution in [3.05, 3.63) is 11.2 Å². The molecule has 56 valence electrons. The lowest BCUT2D eigenvalue weighted by Gasteiger charge is -2.00. The second-order valence-electron chi connectivity index (χ2n) is 2.04. The molecule has 0 aromatic carbocycles. The maximum atomic E-state index is 8.59. The molecule has 0 atom stereocenters. The van der Waals surface area contributed by atoms with Gasteiger partial charge in [-0.3, -0.25) is 0 Å². The minimum Gasteiger partial charge on any atom is -0.597 e. The van der Waals surface area contributed by atoms with Crippen molar-refractivity contribution >= 4 is 12.8 Å². The molecule has 4 nitrogen and oxygen atoms in total. The van der Waals surface area contributed by atoms with Crippen LogP contribution in [0.3, 0.4) is 0 Å². The molecule has 0 saturated heterocycles. The summed E-state index contributed by atoms with van der Waals surface area (Å²) in [6.07, 6.45) is 0. The molecule has 0 aliphatic rings. The van der Waals surface area contributed by atoms with E-state index in [0.717, 1.165) is 0 Å². The molecular weight excluding hydrogens is 133 g/mol. The second kappa shape index (κ2) is 3.38. The fourth-order valence-electron chi connectivity index (χ4n) is 0.669. The van der Waals surface area contributed by atoms with E-state index in [1.54, 1.807) is 0 Å². The first-order chi connectivity index (χ1) is 4.46. The van der Waals surface area contributed by atoms with Gasteiger partial charge in [0, 0.05) is 12.6 Å². The lowest BCUT2D eigenvalue weighted by molar-refractivity contribution is 0.393. The molecule has 0 aromatic heterocycles. The van der Waals surface area contributed by atoms with Crippen molar-refractivity contribution in [3.63, 3.8) is 0 Å². The smallest absolute Gasteiger partial charge is 0.499 e. The highest BCUT2D eigenvalue weighted by molar-refractivity contribution is 6.59. The Morgan fingerprint density at radius 1 is 1.40 bits per heavy atom. The summed E-state index contributed by atoms with van der Waals surface area (Å²) >= 11 is 0. The largest absolute Gasteiger partial charge is 0.597 e. The lowest BCUT2D eigenvalue weighted by atomic mass is 9.76. The first-order valence-electron chi connectivity index (χ1n) is 2.81. The van der Waals surface area contributed by atoms with Crippen molar-refractivity contribution < 1.29 is 15.2 Å². The third kappa shape index (κ3) is 2.20. The van der Waals surface area contributed by atoms with Crippen molar-refractivity contribution in [2.75, 3.05) is 0 Å². The van der Waals surface area contributed by atoms with Crippen LogP contribution in [0.4, 0.5) is 0 Å². The van der Waals surface area contributed by atoms with Gasteiger partial charge in [-0.15, -0.1) is 0 Å². The number of nitrogens with one attached hydrogen (secondary N) is 1. The summed E-state index contributed by atoms with van der Waals surface area (Å²) in [7, 11) is -1.70. The summed E-state index contributed by atoms with van der Waals surface area (Å²) < 4.78 is 0. The Morgan fingerprint density at radius 3 is 1.80 bits per heavy atom. The Bertz CT molecular complexity index is 172. The van der Waals surface area contributed by atoms with Gasteiger partial charge in [0.2, 0.25) is 5.76 Å². The van der Waals surface area contributed by atoms with E-state index in [4.69, 9.17) is 20.6 Å². The van der Waals surface area contributed by atoms with Crippen LogP contribution in [-0.2, 0) is 0 Å². The second-order valence-corrected chi connectivity index (χ2v) is 2.04. The molecule has 0 bridgehead atoms. The van der Waals surface area contributed by atoms with Gasteiger partial charge in [0.1, 0.15) is 0 Å². The van der Waals surface area contributed by atoms with E-state index in [2.05, 4.69) is 0 Å². The van der Waals surface area contributed by atoms with Crippen LogP contribution in [0.5, 0.6) is 0 Å². The maximum absolute atomic E-state index is 8.59. The van der Waals surface area contributed by atoms with E-state index < -0.39 is 7.12 Å². The minimum absolute atomic E-state index is 0.0162. The van der Waals surface area contributed by atoms with Gasteiger partial charge in [-0.1, -0.05) is 0 Å². The molecule has 0 radical (unpaired) electrons. The zero-order valence-electron chi connectivity index (χ0n) is 5.97. The molecule has 0 rings (SSSR count). The third-order valence-corrected chi connectivity index (χ3v) is 1.07. The Kier molecular flexibility index (Phi) is 3.11. The molecule has 5 N–H and O–H groups in total. The topological polar surface area (TPSA) is 87.2 Å². The zero-order chi connectivity index (χ0) is 8.31. The molecule has 0 heterocycles. The Hall–Kier alpha value is -0.805. The molecule has 0 amide bonds. The predicted molar refractivity (Wildman–Crippen MR) is 39.9 cm³/mol. The van der Waals surface area contributed by atoms with Crippen molar-refractivity contribution in [2.45, 2.75) is 13.8 Å². The van der Waals surface area contributed by atoms with Crippen molar-refractivity contribution in [3.8, 4) is 0 Å². The van der Waals surface area contributed by atoms with Crippen LogP contribution in [0.1, 0.15) is 13.8 Å². The van der Waals surface area contributed by atoms with Crippen LogP contribution in [0.25, 0.3) is 0 Å². The van der Waals surface area contributed by atoms with Gasteiger partial charge >= 0.3 is 7.12 Å². The molecule has 0 saturated carbocycles. The van der Waals surface area contributed by atoms with Crippen LogP contribution >= 0.6 is 0 Å². The first-order valence-corrected chi connectivity index (χ1v) is 2.81. The summed E-state index contributed by atoms with van der Waals surface area (Å²) in [5, 5.41) is 31.2. The standard InChI is InChI=1S/C5H10BNO3/c1-3(7)5(4(2)8)6(9)10/h7-10H,1-2H3/p+1/b5-4+,7-3?. The van der Waals surface area contributed by atoms with Crippen molar-refractivity contribution in [2.24, 2.45) is 0 Å². The van der Waals surface area contributed by atoms with Crippen molar-refractivity contribution in [1.82, 2.24) is 0 Å². The molecule has 0 spiro atoms. The number of rotatable bonds is 2. The van der Waals surface area contributed by atoms with Gasteiger partial charge in [-0.05, 0) is 6.92 Å². The molecule has 0 aromatic rings. The van der Waals surface area contributed by atoms with E-state index in [-0.39, 0.29) is 16.9 Å². The Morgan fingerprint density at radius 2 is 1.80 bits per heavy atom. The molecule has 10 heavy (non-hydrogen) atoms. The fraction of sp³-hybridized carbons (Fsp3) is 0.400. The monoisotopic (exact) mass is 144 g/mol. The molecule has 0 fully saturated rings. The quantitative estimate of drug-likeness (QED) is 0.201. The Balaban J connectivity index is 4.61. The van der Waals surface area contributed by atoms with Crippen LogP contribution in [-0.4, -0.2) is 28.0 Å². The van der Waals surface area contributed by atoms with Crippen LogP contribution in [0.2, 0.25) is 0 Å². The molecule has 0 aliphatic heterocycles. The molecular formula is C5H11BNO3+. The highest BCUT2D eigenvalue weighted by atomic mass is 16.4. The summed E-state index contributed by atoms with van der Waals surface area (Å²) in [6.45, 7) is 2.82.